The molecule has 1 aliphatic rings. The first-order valence-electron chi connectivity index (χ1n) is 7.43. The van der Waals surface area contributed by atoms with Crippen molar-refractivity contribution < 1.29 is 14.0 Å². The van der Waals surface area contributed by atoms with Gasteiger partial charge in [-0.3, -0.25) is 0 Å². The molecule has 0 spiro atoms. The molecule has 1 aromatic carbocycles. The molecule has 2 rings (SSSR count). The molecule has 0 aromatic heterocycles. The summed E-state index contributed by atoms with van der Waals surface area (Å²) in [5, 5.41) is 0. The number of rotatable bonds is 4. The molecule has 0 bridgehead atoms. The average molecular weight is 288 g/mol. The molecular weight excluding hydrogens is 263 g/mol. The van der Waals surface area contributed by atoms with Crippen LogP contribution < -0.4 is 4.74 Å². The molecule has 1 atom stereocenters. The third-order valence-corrected chi connectivity index (χ3v) is 4.41. The molecule has 4 heteroatoms. The maximum Gasteiger partial charge on any atom is 0.464 e. The van der Waals surface area contributed by atoms with Gasteiger partial charge in [-0.15, -0.1) is 0 Å². The molecule has 3 nitrogen and oxygen atoms in total. The Morgan fingerprint density at radius 1 is 1.05 bits per heavy atom. The van der Waals surface area contributed by atoms with E-state index in [9.17, 15) is 0 Å². The fourth-order valence-corrected chi connectivity index (χ4v) is 2.17. The molecule has 1 aliphatic heterocycles. The van der Waals surface area contributed by atoms with E-state index in [1.807, 2.05) is 24.3 Å². The van der Waals surface area contributed by atoms with Crippen molar-refractivity contribution in [1.82, 2.24) is 0 Å². The highest BCUT2D eigenvalue weighted by Gasteiger charge is 2.52. The van der Waals surface area contributed by atoms with E-state index in [1.54, 1.807) is 7.11 Å². The summed E-state index contributed by atoms with van der Waals surface area (Å²) in [6.45, 7) is 10.4. The van der Waals surface area contributed by atoms with E-state index >= 15 is 0 Å². The summed E-state index contributed by atoms with van der Waals surface area (Å²) in [4.78, 5) is 0. The molecule has 1 aromatic rings. The molecule has 21 heavy (non-hydrogen) atoms. The van der Waals surface area contributed by atoms with E-state index in [0.717, 1.165) is 11.3 Å². The molecule has 0 amide bonds. The normalized spacial score (nSPS) is 21.7. The predicted octanol–water partition coefficient (Wildman–Crippen LogP) is 4.19. The van der Waals surface area contributed by atoms with Crippen LogP contribution in [0.25, 0.3) is 6.08 Å². The van der Waals surface area contributed by atoms with Crippen LogP contribution in [0.1, 0.15) is 40.2 Å². The maximum absolute atomic E-state index is 6.06. The lowest BCUT2D eigenvalue weighted by atomic mass is 9.73. The summed E-state index contributed by atoms with van der Waals surface area (Å²) in [6, 6.07) is 7.98. The summed E-state index contributed by atoms with van der Waals surface area (Å²) < 4.78 is 17.3. The summed E-state index contributed by atoms with van der Waals surface area (Å²) in [6.07, 6.45) is 4.22. The fourth-order valence-electron chi connectivity index (χ4n) is 2.17. The van der Waals surface area contributed by atoms with Gasteiger partial charge in [0.2, 0.25) is 0 Å². The number of hydrogen-bond donors (Lipinski definition) is 0. The van der Waals surface area contributed by atoms with Crippen LogP contribution in [0.2, 0.25) is 5.82 Å². The Morgan fingerprint density at radius 3 is 2.05 bits per heavy atom. The topological polar surface area (TPSA) is 27.7 Å². The van der Waals surface area contributed by atoms with Gasteiger partial charge in [-0.2, -0.15) is 0 Å². The molecular formula is C17H25BO3. The van der Waals surface area contributed by atoms with E-state index in [0.29, 0.717) is 0 Å². The van der Waals surface area contributed by atoms with Crippen molar-refractivity contribution in [3.63, 3.8) is 0 Å². The monoisotopic (exact) mass is 288 g/mol. The largest absolute Gasteiger partial charge is 0.497 e. The summed E-state index contributed by atoms with van der Waals surface area (Å²) in [5.41, 5.74) is 0.582. The zero-order valence-electron chi connectivity index (χ0n) is 13.8. The van der Waals surface area contributed by atoms with Crippen LogP contribution >= 0.6 is 0 Å². The number of hydrogen-bond acceptors (Lipinski definition) is 3. The first-order chi connectivity index (χ1) is 9.75. The third-order valence-electron chi connectivity index (χ3n) is 4.41. The van der Waals surface area contributed by atoms with Gasteiger partial charge in [0.15, 0.2) is 0 Å². The van der Waals surface area contributed by atoms with Crippen LogP contribution in [0, 0.1) is 0 Å². The molecule has 1 heterocycles. The van der Waals surface area contributed by atoms with Crippen molar-refractivity contribution in [1.29, 1.82) is 0 Å². The van der Waals surface area contributed by atoms with Crippen LogP contribution in [0.15, 0.2) is 30.3 Å². The Bertz CT molecular complexity index is 489. The number of ether oxygens (including phenoxy) is 1. The van der Waals surface area contributed by atoms with Crippen molar-refractivity contribution in [2.24, 2.45) is 0 Å². The molecule has 0 saturated carbocycles. The number of benzene rings is 1. The van der Waals surface area contributed by atoms with Gasteiger partial charge in [0, 0.05) is 5.82 Å². The minimum Gasteiger partial charge on any atom is -0.497 e. The minimum atomic E-state index is -0.278. The van der Waals surface area contributed by atoms with E-state index < -0.39 is 0 Å². The minimum absolute atomic E-state index is 0.188. The molecule has 0 radical (unpaired) electrons. The van der Waals surface area contributed by atoms with E-state index in [4.69, 9.17) is 14.0 Å². The Labute approximate surface area is 128 Å². The predicted molar refractivity (Wildman–Crippen MR) is 87.5 cm³/mol. The van der Waals surface area contributed by atoms with Gasteiger partial charge in [-0.1, -0.05) is 31.2 Å². The van der Waals surface area contributed by atoms with Gasteiger partial charge in [0.1, 0.15) is 5.75 Å². The zero-order valence-corrected chi connectivity index (χ0v) is 13.8. The Morgan fingerprint density at radius 2 is 1.57 bits per heavy atom. The highest BCUT2D eigenvalue weighted by atomic mass is 16.7. The van der Waals surface area contributed by atoms with Crippen LogP contribution in [0.3, 0.4) is 0 Å². The molecule has 0 aliphatic carbocycles. The van der Waals surface area contributed by atoms with Crippen molar-refractivity contribution in [2.45, 2.75) is 51.6 Å². The van der Waals surface area contributed by atoms with Gasteiger partial charge in [-0.05, 0) is 45.4 Å². The van der Waals surface area contributed by atoms with Gasteiger partial charge in [-0.25, -0.2) is 0 Å². The van der Waals surface area contributed by atoms with Crippen LogP contribution in [-0.2, 0) is 9.31 Å². The quantitative estimate of drug-likeness (QED) is 0.777. The molecule has 114 valence electrons. The van der Waals surface area contributed by atoms with Crippen LogP contribution in [-0.4, -0.2) is 25.4 Å². The highest BCUT2D eigenvalue weighted by molar-refractivity contribution is 6.48. The summed E-state index contributed by atoms with van der Waals surface area (Å²) in [5.74, 6) is 1.05. The second-order valence-corrected chi connectivity index (χ2v) is 6.62. The zero-order chi connectivity index (χ0) is 15.7. The maximum atomic E-state index is 6.06. The molecule has 1 fully saturated rings. The molecule has 1 unspecified atom stereocenters. The van der Waals surface area contributed by atoms with Crippen molar-refractivity contribution >= 4 is 13.2 Å². The number of allylic oxidation sites excluding steroid dienone is 1. The first kappa shape index (κ1) is 16.1. The SMILES string of the molecule is COc1ccc(/C=C\C(C)B2OC(C)(C)C(C)(C)O2)cc1. The van der Waals surface area contributed by atoms with Crippen molar-refractivity contribution in [2.75, 3.05) is 7.11 Å². The molecule has 1 saturated heterocycles. The fraction of sp³-hybridized carbons (Fsp3) is 0.529. The standard InChI is InChI=1S/C17H25BO3/c1-13(18-20-16(2,3)17(4,5)21-18)7-8-14-9-11-15(19-6)12-10-14/h7-13H,1-6H3/b8-7-. The van der Waals surface area contributed by atoms with Crippen LogP contribution in [0.4, 0.5) is 0 Å². The van der Waals surface area contributed by atoms with Gasteiger partial charge in [0.25, 0.3) is 0 Å². The van der Waals surface area contributed by atoms with E-state index in [1.165, 1.54) is 0 Å². The number of methoxy groups -OCH3 is 1. The van der Waals surface area contributed by atoms with Gasteiger partial charge in [0.05, 0.1) is 18.3 Å². The second kappa shape index (κ2) is 5.86. The first-order valence-corrected chi connectivity index (χ1v) is 7.43. The van der Waals surface area contributed by atoms with Gasteiger partial charge >= 0.3 is 7.12 Å². The highest BCUT2D eigenvalue weighted by Crippen LogP contribution is 2.40. The Hall–Kier alpha value is -1.26. The van der Waals surface area contributed by atoms with Crippen molar-refractivity contribution in [3.8, 4) is 5.75 Å². The summed E-state index contributed by atoms with van der Waals surface area (Å²) >= 11 is 0. The smallest absolute Gasteiger partial charge is 0.464 e. The summed E-state index contributed by atoms with van der Waals surface area (Å²) in [7, 11) is 1.47. The van der Waals surface area contributed by atoms with E-state index in [-0.39, 0.29) is 24.1 Å². The Kier molecular flexibility index (Phi) is 4.50. The average Bonchev–Trinajstić information content (AvgIpc) is 2.65. The second-order valence-electron chi connectivity index (χ2n) is 6.62. The third kappa shape index (κ3) is 3.50. The lowest BCUT2D eigenvalue weighted by Gasteiger charge is -2.32. The lowest BCUT2D eigenvalue weighted by Crippen LogP contribution is -2.41. The lowest BCUT2D eigenvalue weighted by molar-refractivity contribution is 0.00578. The van der Waals surface area contributed by atoms with Crippen molar-refractivity contribution in [3.05, 3.63) is 35.9 Å². The van der Waals surface area contributed by atoms with Crippen LogP contribution in [0.5, 0.6) is 5.75 Å². The van der Waals surface area contributed by atoms with E-state index in [2.05, 4.69) is 46.8 Å². The Balaban J connectivity index is 2.01. The molecule has 0 N–H and O–H groups in total. The van der Waals surface area contributed by atoms with Gasteiger partial charge < -0.3 is 14.0 Å².